The van der Waals surface area contributed by atoms with Crippen molar-refractivity contribution in [2.45, 2.75) is 59.3 Å². The number of likely N-dealkylation sites (tertiary alicyclic amines) is 1. The van der Waals surface area contributed by atoms with E-state index in [4.69, 9.17) is 9.84 Å². The molecule has 28 heavy (non-hydrogen) atoms. The number of carbonyl (C=O) groups excluding carboxylic acids is 2. The minimum Gasteiger partial charge on any atom is -0.466 e. The molecule has 0 unspecified atom stereocenters. The quantitative estimate of drug-likeness (QED) is 0.755. The van der Waals surface area contributed by atoms with Crippen LogP contribution in [-0.4, -0.2) is 51.1 Å². The van der Waals surface area contributed by atoms with Gasteiger partial charge >= 0.3 is 5.97 Å². The Labute approximate surface area is 166 Å². The number of aryl methyl sites for hydroxylation is 1. The lowest BCUT2D eigenvalue weighted by Crippen LogP contribution is -2.41. The first-order valence-electron chi connectivity index (χ1n) is 10.1. The maximum Gasteiger partial charge on any atom is 0.309 e. The number of aromatic nitrogens is 3. The van der Waals surface area contributed by atoms with Gasteiger partial charge in [-0.3, -0.25) is 9.59 Å². The van der Waals surface area contributed by atoms with Crippen molar-refractivity contribution in [2.24, 2.45) is 5.92 Å². The number of ether oxygens (including phenoxy) is 1. The van der Waals surface area contributed by atoms with Gasteiger partial charge in [0.25, 0.3) is 5.91 Å². The summed E-state index contributed by atoms with van der Waals surface area (Å²) < 4.78 is 6.92. The number of rotatable bonds is 4. The SMILES string of the molecule is CCOC(=O)C1CCN(C(=O)c2cnc3cc(C(C)(C)C)nn3c2CC)CC1. The molecule has 7 nitrogen and oxygen atoms in total. The van der Waals surface area contributed by atoms with Gasteiger partial charge < -0.3 is 9.64 Å². The molecule has 0 N–H and O–H groups in total. The first-order valence-corrected chi connectivity index (χ1v) is 10.1. The summed E-state index contributed by atoms with van der Waals surface area (Å²) in [6.45, 7) is 11.7. The average Bonchev–Trinajstić information content (AvgIpc) is 3.12. The highest BCUT2D eigenvalue weighted by Crippen LogP contribution is 2.25. The van der Waals surface area contributed by atoms with Crippen molar-refractivity contribution in [1.82, 2.24) is 19.5 Å². The van der Waals surface area contributed by atoms with Crippen LogP contribution >= 0.6 is 0 Å². The third-order valence-corrected chi connectivity index (χ3v) is 5.32. The summed E-state index contributed by atoms with van der Waals surface area (Å²) in [5.74, 6) is -0.310. The highest BCUT2D eigenvalue weighted by molar-refractivity contribution is 5.95. The van der Waals surface area contributed by atoms with Crippen molar-refractivity contribution in [3.63, 3.8) is 0 Å². The van der Waals surface area contributed by atoms with Crippen LogP contribution in [-0.2, 0) is 21.4 Å². The number of fused-ring (bicyclic) bond motifs is 1. The molecule has 152 valence electrons. The van der Waals surface area contributed by atoms with Crippen LogP contribution in [0.2, 0.25) is 0 Å². The Balaban J connectivity index is 1.83. The molecule has 3 rings (SSSR count). The van der Waals surface area contributed by atoms with Crippen LogP contribution in [0.5, 0.6) is 0 Å². The number of hydrogen-bond donors (Lipinski definition) is 0. The van der Waals surface area contributed by atoms with E-state index >= 15 is 0 Å². The summed E-state index contributed by atoms with van der Waals surface area (Å²) in [6.07, 6.45) is 3.63. The third kappa shape index (κ3) is 3.88. The van der Waals surface area contributed by atoms with E-state index in [-0.39, 0.29) is 23.2 Å². The minimum absolute atomic E-state index is 0.0404. The Bertz CT molecular complexity index is 874. The smallest absolute Gasteiger partial charge is 0.309 e. The monoisotopic (exact) mass is 386 g/mol. The van der Waals surface area contributed by atoms with Gasteiger partial charge in [-0.1, -0.05) is 27.7 Å². The number of nitrogens with zero attached hydrogens (tertiary/aromatic N) is 4. The van der Waals surface area contributed by atoms with Gasteiger partial charge in [-0.2, -0.15) is 5.10 Å². The van der Waals surface area contributed by atoms with Crippen LogP contribution in [0.3, 0.4) is 0 Å². The maximum absolute atomic E-state index is 13.2. The van der Waals surface area contributed by atoms with Crippen molar-refractivity contribution >= 4 is 17.5 Å². The summed E-state index contributed by atoms with van der Waals surface area (Å²) in [5.41, 5.74) is 3.10. The molecule has 0 aromatic carbocycles. The molecule has 0 spiro atoms. The lowest BCUT2D eigenvalue weighted by atomic mass is 9.93. The van der Waals surface area contributed by atoms with Gasteiger partial charge in [0, 0.05) is 30.8 Å². The average molecular weight is 386 g/mol. The van der Waals surface area contributed by atoms with Gasteiger partial charge in [-0.15, -0.1) is 0 Å². The van der Waals surface area contributed by atoms with Crippen molar-refractivity contribution in [3.8, 4) is 0 Å². The first-order chi connectivity index (χ1) is 13.3. The number of piperidine rings is 1. The van der Waals surface area contributed by atoms with E-state index in [2.05, 4.69) is 25.8 Å². The molecule has 1 amide bonds. The Morgan fingerprint density at radius 1 is 1.21 bits per heavy atom. The minimum atomic E-state index is -0.154. The summed E-state index contributed by atoms with van der Waals surface area (Å²) in [5, 5.41) is 4.72. The maximum atomic E-state index is 13.2. The van der Waals surface area contributed by atoms with Gasteiger partial charge in [0.05, 0.1) is 29.5 Å². The summed E-state index contributed by atoms with van der Waals surface area (Å²) in [6, 6.07) is 1.98. The van der Waals surface area contributed by atoms with Crippen molar-refractivity contribution in [3.05, 3.63) is 29.2 Å². The fourth-order valence-electron chi connectivity index (χ4n) is 3.62. The van der Waals surface area contributed by atoms with E-state index in [0.29, 0.717) is 44.5 Å². The fourth-order valence-corrected chi connectivity index (χ4v) is 3.62. The van der Waals surface area contributed by atoms with E-state index < -0.39 is 0 Å². The zero-order valence-corrected chi connectivity index (χ0v) is 17.5. The molecule has 7 heteroatoms. The first kappa shape index (κ1) is 20.3. The molecule has 2 aromatic heterocycles. The number of amides is 1. The lowest BCUT2D eigenvalue weighted by Gasteiger charge is -2.31. The Hall–Kier alpha value is -2.44. The largest absolute Gasteiger partial charge is 0.466 e. The van der Waals surface area contributed by atoms with E-state index in [1.165, 1.54) is 0 Å². The highest BCUT2D eigenvalue weighted by atomic mass is 16.5. The molecule has 1 aliphatic rings. The van der Waals surface area contributed by atoms with Crippen molar-refractivity contribution < 1.29 is 14.3 Å². The molecule has 2 aromatic rings. The summed E-state index contributed by atoms with van der Waals surface area (Å²) in [4.78, 5) is 31.4. The van der Waals surface area contributed by atoms with Crippen LogP contribution in [0, 0.1) is 5.92 Å². The molecular weight excluding hydrogens is 356 g/mol. The second kappa shape index (κ2) is 7.89. The number of carbonyl (C=O) groups is 2. The molecule has 0 aliphatic carbocycles. The second-order valence-electron chi connectivity index (χ2n) is 8.34. The standard InChI is InChI=1S/C21H30N4O3/c1-6-16-15(13-22-18-12-17(21(3,4)5)23-25(16)18)19(26)24-10-8-14(9-11-24)20(27)28-7-2/h12-14H,6-11H2,1-5H3. The summed E-state index contributed by atoms with van der Waals surface area (Å²) in [7, 11) is 0. The topological polar surface area (TPSA) is 76.8 Å². The molecular formula is C21H30N4O3. The third-order valence-electron chi connectivity index (χ3n) is 5.32. The molecule has 0 radical (unpaired) electrons. The number of hydrogen-bond acceptors (Lipinski definition) is 5. The van der Waals surface area contributed by atoms with Crippen LogP contribution in [0.25, 0.3) is 5.65 Å². The van der Waals surface area contributed by atoms with E-state index in [0.717, 1.165) is 17.0 Å². The summed E-state index contributed by atoms with van der Waals surface area (Å²) >= 11 is 0. The van der Waals surface area contributed by atoms with E-state index in [9.17, 15) is 9.59 Å². The van der Waals surface area contributed by atoms with Crippen molar-refractivity contribution in [1.29, 1.82) is 0 Å². The van der Waals surface area contributed by atoms with E-state index in [1.807, 2.05) is 24.8 Å². The lowest BCUT2D eigenvalue weighted by molar-refractivity contribution is -0.149. The van der Waals surface area contributed by atoms with E-state index in [1.54, 1.807) is 10.7 Å². The normalized spacial score (nSPS) is 15.8. The Kier molecular flexibility index (Phi) is 5.72. The molecule has 1 saturated heterocycles. The molecule has 1 aliphatic heterocycles. The van der Waals surface area contributed by atoms with Crippen LogP contribution in [0.4, 0.5) is 0 Å². The molecule has 0 atom stereocenters. The Morgan fingerprint density at radius 2 is 1.89 bits per heavy atom. The highest BCUT2D eigenvalue weighted by Gasteiger charge is 2.30. The molecule has 1 fully saturated rings. The van der Waals surface area contributed by atoms with Gasteiger partial charge in [0.1, 0.15) is 0 Å². The van der Waals surface area contributed by atoms with Crippen LogP contribution in [0.1, 0.15) is 69.2 Å². The van der Waals surface area contributed by atoms with Gasteiger partial charge in [0.2, 0.25) is 0 Å². The van der Waals surface area contributed by atoms with Crippen LogP contribution in [0.15, 0.2) is 12.3 Å². The van der Waals surface area contributed by atoms with Gasteiger partial charge in [-0.25, -0.2) is 9.50 Å². The number of esters is 1. The predicted molar refractivity (Wildman–Crippen MR) is 106 cm³/mol. The zero-order chi connectivity index (χ0) is 20.5. The predicted octanol–water partition coefficient (Wildman–Crippen LogP) is 3.00. The Morgan fingerprint density at radius 3 is 2.46 bits per heavy atom. The molecule has 0 saturated carbocycles. The van der Waals surface area contributed by atoms with Crippen molar-refractivity contribution in [2.75, 3.05) is 19.7 Å². The molecule has 0 bridgehead atoms. The van der Waals surface area contributed by atoms with Gasteiger partial charge in [0.15, 0.2) is 5.65 Å². The van der Waals surface area contributed by atoms with Gasteiger partial charge in [-0.05, 0) is 26.2 Å². The van der Waals surface area contributed by atoms with Crippen LogP contribution < -0.4 is 0 Å². The molecule has 3 heterocycles. The second-order valence-corrected chi connectivity index (χ2v) is 8.34. The zero-order valence-electron chi connectivity index (χ0n) is 17.5. The fraction of sp³-hybridized carbons (Fsp3) is 0.619.